The zero-order chi connectivity index (χ0) is 25.2. The van der Waals surface area contributed by atoms with E-state index in [1.54, 1.807) is 18.2 Å². The van der Waals surface area contributed by atoms with Crippen LogP contribution in [0.25, 0.3) is 6.08 Å². The van der Waals surface area contributed by atoms with Gasteiger partial charge in [-0.05, 0) is 83.1 Å². The van der Waals surface area contributed by atoms with Crippen LogP contribution in [0.15, 0.2) is 59.5 Å². The molecule has 36 heavy (non-hydrogen) atoms. The fourth-order valence-electron chi connectivity index (χ4n) is 3.68. The Morgan fingerprint density at radius 3 is 2.67 bits per heavy atom. The molecule has 0 unspecified atom stereocenters. The lowest BCUT2D eigenvalue weighted by atomic mass is 10.1. The predicted octanol–water partition coefficient (Wildman–Crippen LogP) is 7.06. The molecule has 0 saturated carbocycles. The molecule has 0 bridgehead atoms. The van der Waals surface area contributed by atoms with Crippen molar-refractivity contribution < 1.29 is 23.7 Å². The molecule has 0 aliphatic carbocycles. The first kappa shape index (κ1) is 25.2. The monoisotopic (exact) mass is 651 g/mol. The lowest BCUT2D eigenvalue weighted by Gasteiger charge is -2.15. The number of rotatable bonds is 7. The maximum atomic E-state index is 13.3. The summed E-state index contributed by atoms with van der Waals surface area (Å²) in [5.41, 5.74) is 2.45. The summed E-state index contributed by atoms with van der Waals surface area (Å²) in [4.78, 5) is 15.3. The second kappa shape index (κ2) is 10.9. The van der Waals surface area contributed by atoms with Crippen LogP contribution in [-0.2, 0) is 11.4 Å². The maximum absolute atomic E-state index is 13.3. The minimum atomic E-state index is -0.195. The van der Waals surface area contributed by atoms with E-state index < -0.39 is 0 Å². The van der Waals surface area contributed by atoms with Gasteiger partial charge in [-0.25, -0.2) is 0 Å². The van der Waals surface area contributed by atoms with Gasteiger partial charge in [-0.2, -0.15) is 0 Å². The average Bonchev–Trinajstić information content (AvgIpc) is 3.43. The molecular formula is C26H19ClINO5S2. The molecule has 184 valence electrons. The van der Waals surface area contributed by atoms with E-state index >= 15 is 0 Å². The van der Waals surface area contributed by atoms with Crippen LogP contribution in [0.5, 0.6) is 23.0 Å². The van der Waals surface area contributed by atoms with Crippen molar-refractivity contribution in [3.63, 3.8) is 0 Å². The normalized spacial score (nSPS) is 15.6. The first-order valence-electron chi connectivity index (χ1n) is 10.9. The molecule has 0 atom stereocenters. The van der Waals surface area contributed by atoms with Gasteiger partial charge in [-0.15, -0.1) is 0 Å². The van der Waals surface area contributed by atoms with Crippen LogP contribution < -0.4 is 23.8 Å². The van der Waals surface area contributed by atoms with Gasteiger partial charge in [0.05, 0.1) is 20.8 Å². The molecule has 2 aliphatic heterocycles. The molecule has 2 heterocycles. The van der Waals surface area contributed by atoms with Crippen molar-refractivity contribution in [3.8, 4) is 23.0 Å². The van der Waals surface area contributed by atoms with Crippen LogP contribution in [0.3, 0.4) is 0 Å². The second-order valence-electron chi connectivity index (χ2n) is 7.73. The average molecular weight is 652 g/mol. The van der Waals surface area contributed by atoms with Crippen molar-refractivity contribution >= 4 is 80.2 Å². The van der Waals surface area contributed by atoms with Gasteiger partial charge in [0.15, 0.2) is 27.3 Å². The van der Waals surface area contributed by atoms with Gasteiger partial charge in [-0.3, -0.25) is 9.69 Å². The number of carbonyl (C=O) groups is 1. The highest BCUT2D eigenvalue weighted by atomic mass is 127. The van der Waals surface area contributed by atoms with Crippen molar-refractivity contribution in [1.82, 2.24) is 0 Å². The molecule has 10 heteroatoms. The van der Waals surface area contributed by atoms with E-state index in [4.69, 9.17) is 42.8 Å². The predicted molar refractivity (Wildman–Crippen MR) is 154 cm³/mol. The van der Waals surface area contributed by atoms with Gasteiger partial charge in [0.25, 0.3) is 5.91 Å². The minimum absolute atomic E-state index is 0.164. The number of halogens is 2. The van der Waals surface area contributed by atoms with Crippen LogP contribution in [0.4, 0.5) is 5.69 Å². The Hall–Kier alpha value is -2.47. The number of nitrogens with zero attached hydrogens (tertiary/aromatic N) is 1. The Kier molecular flexibility index (Phi) is 7.61. The number of fused-ring (bicyclic) bond motifs is 1. The molecule has 0 aromatic heterocycles. The third kappa shape index (κ3) is 5.29. The highest BCUT2D eigenvalue weighted by Gasteiger charge is 2.34. The molecule has 0 radical (unpaired) electrons. The van der Waals surface area contributed by atoms with Gasteiger partial charge < -0.3 is 18.9 Å². The van der Waals surface area contributed by atoms with Crippen molar-refractivity contribution in [3.05, 3.63) is 79.2 Å². The van der Waals surface area contributed by atoms with E-state index in [-0.39, 0.29) is 12.7 Å². The van der Waals surface area contributed by atoms with Crippen molar-refractivity contribution in [1.29, 1.82) is 0 Å². The molecule has 1 fully saturated rings. The summed E-state index contributed by atoms with van der Waals surface area (Å²) in [5.74, 6) is 2.31. The topological polar surface area (TPSA) is 57.2 Å². The van der Waals surface area contributed by atoms with E-state index in [0.717, 1.165) is 14.7 Å². The Balaban J connectivity index is 1.39. The quantitative estimate of drug-likeness (QED) is 0.154. The standard InChI is InChI=1S/C26H19ClINO5S2/c1-2-31-22-10-16(9-19(28)24(22)32-13-15-3-5-17(27)6-4-15)11-23-25(30)29(26(35)36-23)18-7-8-20-21(12-18)34-14-33-20/h3-12H,2,13-14H2,1H3/b23-11+. The lowest BCUT2D eigenvalue weighted by molar-refractivity contribution is -0.113. The first-order valence-corrected chi connectivity index (χ1v) is 13.6. The van der Waals surface area contributed by atoms with E-state index in [1.807, 2.05) is 49.4 Å². The number of amides is 1. The van der Waals surface area contributed by atoms with Gasteiger partial charge >= 0.3 is 0 Å². The van der Waals surface area contributed by atoms with E-state index in [2.05, 4.69) is 22.6 Å². The zero-order valence-electron chi connectivity index (χ0n) is 19.0. The number of thiocarbonyl (C=S) groups is 1. The van der Waals surface area contributed by atoms with Crippen molar-refractivity contribution in [2.45, 2.75) is 13.5 Å². The lowest BCUT2D eigenvalue weighted by Crippen LogP contribution is -2.27. The van der Waals surface area contributed by atoms with Crippen molar-refractivity contribution in [2.75, 3.05) is 18.3 Å². The molecule has 1 amide bonds. The van der Waals surface area contributed by atoms with Crippen LogP contribution in [0.1, 0.15) is 18.1 Å². The van der Waals surface area contributed by atoms with E-state index in [9.17, 15) is 4.79 Å². The molecule has 3 aromatic rings. The number of benzene rings is 3. The molecule has 5 rings (SSSR count). The van der Waals surface area contributed by atoms with Gasteiger partial charge in [0.1, 0.15) is 6.61 Å². The molecule has 6 nitrogen and oxygen atoms in total. The fraction of sp³-hybridized carbons (Fsp3) is 0.154. The summed E-state index contributed by atoms with van der Waals surface area (Å²) >= 11 is 15.0. The summed E-state index contributed by atoms with van der Waals surface area (Å²) in [7, 11) is 0. The summed E-state index contributed by atoms with van der Waals surface area (Å²) in [6.45, 7) is 2.93. The smallest absolute Gasteiger partial charge is 0.270 e. The highest BCUT2D eigenvalue weighted by molar-refractivity contribution is 14.1. The van der Waals surface area contributed by atoms with Crippen LogP contribution in [-0.4, -0.2) is 23.6 Å². The second-order valence-corrected chi connectivity index (χ2v) is 11.0. The fourth-order valence-corrected chi connectivity index (χ4v) is 5.88. The number of carbonyl (C=O) groups excluding carboxylic acids is 1. The van der Waals surface area contributed by atoms with Crippen LogP contribution in [0, 0.1) is 3.57 Å². The molecule has 1 saturated heterocycles. The molecule has 0 N–H and O–H groups in total. The summed E-state index contributed by atoms with van der Waals surface area (Å²) < 4.78 is 24.1. The number of thioether (sulfide) groups is 1. The van der Waals surface area contributed by atoms with Crippen LogP contribution >= 0.6 is 58.2 Å². The zero-order valence-corrected chi connectivity index (χ0v) is 23.5. The Morgan fingerprint density at radius 1 is 1.11 bits per heavy atom. The number of hydrogen-bond donors (Lipinski definition) is 0. The van der Waals surface area contributed by atoms with E-state index in [0.29, 0.717) is 56.1 Å². The first-order chi connectivity index (χ1) is 17.4. The Bertz CT molecular complexity index is 1380. The van der Waals surface area contributed by atoms with Crippen LogP contribution in [0.2, 0.25) is 5.02 Å². The summed E-state index contributed by atoms with van der Waals surface area (Å²) in [6.07, 6.45) is 1.82. The molecule has 3 aromatic carbocycles. The Labute approximate surface area is 236 Å². The SMILES string of the molecule is CCOc1cc(/C=C2/SC(=S)N(c3ccc4c(c3)OCO4)C2=O)cc(I)c1OCc1ccc(Cl)cc1. The third-order valence-electron chi connectivity index (χ3n) is 5.33. The highest BCUT2D eigenvalue weighted by Crippen LogP contribution is 2.42. The molecule has 0 spiro atoms. The third-order valence-corrected chi connectivity index (χ3v) is 7.69. The summed E-state index contributed by atoms with van der Waals surface area (Å²) in [6, 6.07) is 16.7. The molecule has 2 aliphatic rings. The Morgan fingerprint density at radius 2 is 1.89 bits per heavy atom. The number of hydrogen-bond acceptors (Lipinski definition) is 7. The molecular weight excluding hydrogens is 633 g/mol. The van der Waals surface area contributed by atoms with Crippen molar-refractivity contribution in [2.24, 2.45) is 0 Å². The van der Waals surface area contributed by atoms with Gasteiger partial charge in [-0.1, -0.05) is 47.7 Å². The van der Waals surface area contributed by atoms with E-state index in [1.165, 1.54) is 16.7 Å². The van der Waals surface area contributed by atoms with Gasteiger partial charge in [0, 0.05) is 11.1 Å². The minimum Gasteiger partial charge on any atom is -0.490 e. The number of ether oxygens (including phenoxy) is 4. The largest absolute Gasteiger partial charge is 0.490 e. The maximum Gasteiger partial charge on any atom is 0.270 e. The summed E-state index contributed by atoms with van der Waals surface area (Å²) in [5, 5.41) is 0.677. The number of anilines is 1. The van der Waals surface area contributed by atoms with Gasteiger partial charge in [0.2, 0.25) is 6.79 Å².